The number of rotatable bonds is 6. The summed E-state index contributed by atoms with van der Waals surface area (Å²) < 4.78 is 0. The van der Waals surface area contributed by atoms with E-state index in [0.29, 0.717) is 11.0 Å². The molecule has 1 heterocycles. The van der Waals surface area contributed by atoms with Crippen molar-refractivity contribution in [2.24, 2.45) is 5.41 Å². The molecule has 0 saturated carbocycles. The second kappa shape index (κ2) is 6.02. The molecule has 1 aliphatic heterocycles. The second-order valence-corrected chi connectivity index (χ2v) is 5.76. The van der Waals surface area contributed by atoms with Gasteiger partial charge in [0.05, 0.1) is 0 Å². The Hall–Kier alpha value is -0.0800. The van der Waals surface area contributed by atoms with Crippen LogP contribution in [0.4, 0.5) is 0 Å². The Morgan fingerprint density at radius 1 is 1.06 bits per heavy atom. The fourth-order valence-corrected chi connectivity index (χ4v) is 2.73. The fraction of sp³-hybridized carbons (Fsp3) is 1.00. The monoisotopic (exact) mass is 226 g/mol. The van der Waals surface area contributed by atoms with Crippen LogP contribution in [0.3, 0.4) is 0 Å². The summed E-state index contributed by atoms with van der Waals surface area (Å²) in [6, 6.07) is 0. The quantitative estimate of drug-likeness (QED) is 0.727. The van der Waals surface area contributed by atoms with Crippen LogP contribution in [0.25, 0.3) is 0 Å². The second-order valence-electron chi connectivity index (χ2n) is 5.76. The minimum absolute atomic E-state index is 0.383. The van der Waals surface area contributed by atoms with E-state index in [9.17, 15) is 0 Å². The lowest BCUT2D eigenvalue weighted by molar-refractivity contribution is 0.177. The normalized spacial score (nSPS) is 21.0. The zero-order valence-electron chi connectivity index (χ0n) is 11.7. The fourth-order valence-electron chi connectivity index (χ4n) is 2.73. The molecule has 0 bridgehead atoms. The van der Waals surface area contributed by atoms with Gasteiger partial charge in [0.1, 0.15) is 0 Å². The van der Waals surface area contributed by atoms with E-state index in [1.807, 2.05) is 0 Å². The number of piperidine rings is 1. The van der Waals surface area contributed by atoms with E-state index in [-0.39, 0.29) is 0 Å². The van der Waals surface area contributed by atoms with E-state index in [1.165, 1.54) is 51.7 Å². The predicted molar refractivity (Wildman–Crippen MR) is 71.8 cm³/mol. The van der Waals surface area contributed by atoms with Gasteiger partial charge in [-0.25, -0.2) is 0 Å². The lowest BCUT2D eigenvalue weighted by Gasteiger charge is -2.40. The maximum absolute atomic E-state index is 3.86. The van der Waals surface area contributed by atoms with E-state index in [4.69, 9.17) is 0 Å². The highest BCUT2D eigenvalue weighted by atomic mass is 15.0. The smallest absolute Gasteiger partial charge is 0.0173 e. The van der Waals surface area contributed by atoms with Crippen molar-refractivity contribution in [3.05, 3.63) is 0 Å². The molecule has 1 fully saturated rings. The lowest BCUT2D eigenvalue weighted by atomic mass is 9.79. The Labute approximate surface area is 102 Å². The third kappa shape index (κ3) is 3.46. The average molecular weight is 226 g/mol. The van der Waals surface area contributed by atoms with Crippen LogP contribution in [-0.4, -0.2) is 25.2 Å². The minimum atomic E-state index is 0.383. The van der Waals surface area contributed by atoms with Crippen LogP contribution in [0.5, 0.6) is 0 Å². The summed E-state index contributed by atoms with van der Waals surface area (Å²) in [5.41, 5.74) is 0.893. The molecule has 0 aliphatic carbocycles. The van der Waals surface area contributed by atoms with Gasteiger partial charge in [-0.3, -0.25) is 0 Å². The highest BCUT2D eigenvalue weighted by Gasteiger charge is 2.30. The van der Waals surface area contributed by atoms with Gasteiger partial charge >= 0.3 is 0 Å². The maximum Gasteiger partial charge on any atom is 0.0173 e. The van der Waals surface area contributed by atoms with Crippen molar-refractivity contribution in [3.8, 4) is 0 Å². The first-order valence-corrected chi connectivity index (χ1v) is 7.05. The average Bonchev–Trinajstić information content (AvgIpc) is 2.33. The highest BCUT2D eigenvalue weighted by molar-refractivity contribution is 4.89. The van der Waals surface area contributed by atoms with Gasteiger partial charge in [0.15, 0.2) is 0 Å². The molecule has 0 radical (unpaired) electrons. The van der Waals surface area contributed by atoms with Crippen LogP contribution >= 0.6 is 0 Å². The topological polar surface area (TPSA) is 24.1 Å². The molecule has 0 amide bonds. The van der Waals surface area contributed by atoms with Gasteiger partial charge < -0.3 is 10.6 Å². The molecule has 0 spiro atoms. The molecule has 0 atom stereocenters. The van der Waals surface area contributed by atoms with Crippen molar-refractivity contribution in [2.45, 2.75) is 65.3 Å². The Kier molecular flexibility index (Phi) is 5.26. The minimum Gasteiger partial charge on any atom is -0.317 e. The Morgan fingerprint density at radius 3 is 2.00 bits per heavy atom. The van der Waals surface area contributed by atoms with Gasteiger partial charge in [-0.15, -0.1) is 0 Å². The largest absolute Gasteiger partial charge is 0.317 e. The van der Waals surface area contributed by atoms with Gasteiger partial charge in [0, 0.05) is 12.1 Å². The summed E-state index contributed by atoms with van der Waals surface area (Å²) in [7, 11) is 0. The van der Waals surface area contributed by atoms with E-state index >= 15 is 0 Å². The summed E-state index contributed by atoms with van der Waals surface area (Å²) in [5.74, 6) is 0. The summed E-state index contributed by atoms with van der Waals surface area (Å²) in [6.45, 7) is 12.9. The summed E-state index contributed by atoms with van der Waals surface area (Å²) in [6.07, 6.45) is 6.36. The van der Waals surface area contributed by atoms with Crippen molar-refractivity contribution in [1.29, 1.82) is 0 Å². The molecule has 16 heavy (non-hydrogen) atoms. The molecule has 96 valence electrons. The van der Waals surface area contributed by atoms with Crippen LogP contribution in [0.1, 0.15) is 59.8 Å². The molecule has 0 aromatic heterocycles. The maximum atomic E-state index is 3.86. The first-order chi connectivity index (χ1) is 7.60. The predicted octanol–water partition coefficient (Wildman–Crippen LogP) is 2.93. The van der Waals surface area contributed by atoms with E-state index < -0.39 is 0 Å². The Bertz CT molecular complexity index is 183. The standard InChI is InChI=1S/C14H30N2/c1-5-14(6-2,7-3)16-12-13(4)8-10-15-11-9-13/h15-16H,5-12H2,1-4H3. The molecule has 2 N–H and O–H groups in total. The SMILES string of the molecule is CCC(CC)(CC)NCC1(C)CCNCC1. The van der Waals surface area contributed by atoms with Crippen molar-refractivity contribution in [2.75, 3.05) is 19.6 Å². The number of hydrogen-bond acceptors (Lipinski definition) is 2. The van der Waals surface area contributed by atoms with Gasteiger partial charge in [0.25, 0.3) is 0 Å². The highest BCUT2D eigenvalue weighted by Crippen LogP contribution is 2.29. The van der Waals surface area contributed by atoms with Crippen LogP contribution in [0.15, 0.2) is 0 Å². The Balaban J connectivity index is 2.47. The van der Waals surface area contributed by atoms with E-state index in [1.54, 1.807) is 0 Å². The van der Waals surface area contributed by atoms with Crippen LogP contribution in [-0.2, 0) is 0 Å². The molecule has 0 aromatic carbocycles. The summed E-state index contributed by atoms with van der Waals surface area (Å²) in [5, 5.41) is 7.32. The molecular formula is C14H30N2. The third-order valence-corrected chi connectivity index (χ3v) is 4.73. The van der Waals surface area contributed by atoms with Gasteiger partial charge in [-0.2, -0.15) is 0 Å². The van der Waals surface area contributed by atoms with Crippen LogP contribution in [0.2, 0.25) is 0 Å². The molecule has 1 rings (SSSR count). The van der Waals surface area contributed by atoms with Crippen molar-refractivity contribution in [3.63, 3.8) is 0 Å². The van der Waals surface area contributed by atoms with E-state index in [2.05, 4.69) is 38.3 Å². The zero-order valence-corrected chi connectivity index (χ0v) is 11.7. The van der Waals surface area contributed by atoms with E-state index in [0.717, 1.165) is 0 Å². The molecule has 0 aromatic rings. The van der Waals surface area contributed by atoms with Crippen molar-refractivity contribution < 1.29 is 0 Å². The third-order valence-electron chi connectivity index (χ3n) is 4.73. The van der Waals surface area contributed by atoms with Gasteiger partial charge in [0.2, 0.25) is 0 Å². The van der Waals surface area contributed by atoms with Crippen molar-refractivity contribution >= 4 is 0 Å². The first-order valence-electron chi connectivity index (χ1n) is 7.05. The van der Waals surface area contributed by atoms with Crippen molar-refractivity contribution in [1.82, 2.24) is 10.6 Å². The molecule has 2 heteroatoms. The molecule has 1 saturated heterocycles. The zero-order chi connectivity index (χ0) is 12.1. The molecule has 2 nitrogen and oxygen atoms in total. The summed E-state index contributed by atoms with van der Waals surface area (Å²) in [4.78, 5) is 0. The molecule has 0 unspecified atom stereocenters. The number of nitrogens with one attached hydrogen (secondary N) is 2. The Morgan fingerprint density at radius 2 is 1.56 bits per heavy atom. The first kappa shape index (κ1) is 14.0. The lowest BCUT2D eigenvalue weighted by Crippen LogP contribution is -2.50. The molecular weight excluding hydrogens is 196 g/mol. The number of hydrogen-bond donors (Lipinski definition) is 2. The van der Waals surface area contributed by atoms with Crippen LogP contribution in [0, 0.1) is 5.41 Å². The summed E-state index contributed by atoms with van der Waals surface area (Å²) >= 11 is 0. The van der Waals surface area contributed by atoms with Gasteiger partial charge in [-0.1, -0.05) is 27.7 Å². The van der Waals surface area contributed by atoms with Crippen LogP contribution < -0.4 is 10.6 Å². The van der Waals surface area contributed by atoms with Gasteiger partial charge in [-0.05, 0) is 50.6 Å². The molecule has 1 aliphatic rings.